The molecule has 5 nitrogen and oxygen atoms in total. The lowest BCUT2D eigenvalue weighted by Crippen LogP contribution is -2.28. The number of rotatable bonds is 9. The number of anilines is 2. The van der Waals surface area contributed by atoms with Gasteiger partial charge < -0.3 is 15.8 Å². The standard InChI is InChI=1S/C20H27N3O2/c1-3-12-23(15-16-7-5-4-6-8-16)13-11-20(24)22-18-14-17(21)9-10-19(18)25-2/h4-10,14H,3,11-13,15,21H2,1-2H3,(H,22,24). The first kappa shape index (κ1) is 18.8. The summed E-state index contributed by atoms with van der Waals surface area (Å²) in [5, 5.41) is 2.89. The van der Waals surface area contributed by atoms with E-state index in [4.69, 9.17) is 10.5 Å². The van der Waals surface area contributed by atoms with Crippen LogP contribution in [0.15, 0.2) is 48.5 Å². The number of ether oxygens (including phenoxy) is 1. The molecule has 2 aromatic carbocycles. The number of hydrogen-bond acceptors (Lipinski definition) is 4. The fraction of sp³-hybridized carbons (Fsp3) is 0.350. The number of nitrogens with one attached hydrogen (secondary N) is 1. The minimum Gasteiger partial charge on any atom is -0.495 e. The van der Waals surface area contributed by atoms with Crippen LogP contribution in [0.3, 0.4) is 0 Å². The van der Waals surface area contributed by atoms with Crippen LogP contribution in [0.4, 0.5) is 11.4 Å². The molecule has 1 amide bonds. The van der Waals surface area contributed by atoms with E-state index in [2.05, 4.69) is 29.3 Å². The highest BCUT2D eigenvalue weighted by Gasteiger charge is 2.11. The van der Waals surface area contributed by atoms with E-state index in [1.165, 1.54) is 5.56 Å². The summed E-state index contributed by atoms with van der Waals surface area (Å²) in [4.78, 5) is 14.6. The Hall–Kier alpha value is -2.53. The van der Waals surface area contributed by atoms with Crippen LogP contribution in [0.2, 0.25) is 0 Å². The molecule has 0 aromatic heterocycles. The summed E-state index contributed by atoms with van der Waals surface area (Å²) in [6, 6.07) is 15.5. The molecule has 2 rings (SSSR count). The van der Waals surface area contributed by atoms with Crippen LogP contribution in [-0.2, 0) is 11.3 Å². The molecule has 0 atom stereocenters. The predicted octanol–water partition coefficient (Wildman–Crippen LogP) is 3.52. The third-order valence-corrected chi connectivity index (χ3v) is 3.94. The van der Waals surface area contributed by atoms with Crippen molar-refractivity contribution in [2.45, 2.75) is 26.3 Å². The summed E-state index contributed by atoms with van der Waals surface area (Å²) in [7, 11) is 1.57. The molecule has 0 unspecified atom stereocenters. The maximum Gasteiger partial charge on any atom is 0.225 e. The molecule has 5 heteroatoms. The van der Waals surface area contributed by atoms with Crippen molar-refractivity contribution in [3.8, 4) is 5.75 Å². The van der Waals surface area contributed by atoms with Gasteiger partial charge >= 0.3 is 0 Å². The van der Waals surface area contributed by atoms with Crippen molar-refractivity contribution in [1.29, 1.82) is 0 Å². The average Bonchev–Trinajstić information content (AvgIpc) is 2.61. The van der Waals surface area contributed by atoms with Gasteiger partial charge in [0.15, 0.2) is 0 Å². The summed E-state index contributed by atoms with van der Waals surface area (Å²) in [6.45, 7) is 4.67. The molecule has 0 saturated carbocycles. The van der Waals surface area contributed by atoms with Gasteiger partial charge in [0.1, 0.15) is 5.75 Å². The van der Waals surface area contributed by atoms with Crippen LogP contribution in [0.5, 0.6) is 5.75 Å². The normalized spacial score (nSPS) is 10.7. The number of hydrogen-bond donors (Lipinski definition) is 2. The van der Waals surface area contributed by atoms with Gasteiger partial charge in [-0.05, 0) is 36.7 Å². The van der Waals surface area contributed by atoms with Gasteiger partial charge in [0.05, 0.1) is 12.8 Å². The Kier molecular flexibility index (Phi) is 7.29. The first-order valence-electron chi connectivity index (χ1n) is 8.62. The quantitative estimate of drug-likeness (QED) is 0.685. The van der Waals surface area contributed by atoms with Crippen molar-refractivity contribution in [1.82, 2.24) is 4.90 Å². The number of amides is 1. The van der Waals surface area contributed by atoms with E-state index < -0.39 is 0 Å². The Bertz CT molecular complexity index is 674. The molecule has 3 N–H and O–H groups in total. The van der Waals surface area contributed by atoms with E-state index in [1.54, 1.807) is 25.3 Å². The molecule has 2 aromatic rings. The van der Waals surface area contributed by atoms with Crippen LogP contribution in [0, 0.1) is 0 Å². The zero-order valence-corrected chi connectivity index (χ0v) is 15.0. The molecule has 0 aliphatic carbocycles. The molecule has 25 heavy (non-hydrogen) atoms. The molecule has 0 spiro atoms. The van der Waals surface area contributed by atoms with Crippen molar-refractivity contribution in [3.63, 3.8) is 0 Å². The minimum atomic E-state index is -0.0435. The largest absolute Gasteiger partial charge is 0.495 e. The highest BCUT2D eigenvalue weighted by molar-refractivity contribution is 5.93. The fourth-order valence-electron chi connectivity index (χ4n) is 2.72. The maximum atomic E-state index is 12.3. The minimum absolute atomic E-state index is 0.0435. The van der Waals surface area contributed by atoms with Crippen molar-refractivity contribution in [2.75, 3.05) is 31.2 Å². The number of nitrogen functional groups attached to an aromatic ring is 1. The van der Waals surface area contributed by atoms with Gasteiger partial charge in [-0.2, -0.15) is 0 Å². The summed E-state index contributed by atoms with van der Waals surface area (Å²) in [5.74, 6) is 0.565. The Labute approximate surface area is 149 Å². The number of benzene rings is 2. The lowest BCUT2D eigenvalue weighted by molar-refractivity contribution is -0.116. The molecular formula is C20H27N3O2. The van der Waals surface area contributed by atoms with Crippen molar-refractivity contribution < 1.29 is 9.53 Å². The third-order valence-electron chi connectivity index (χ3n) is 3.94. The van der Waals surface area contributed by atoms with Gasteiger partial charge in [0, 0.05) is 25.2 Å². The monoisotopic (exact) mass is 341 g/mol. The van der Waals surface area contributed by atoms with Crippen molar-refractivity contribution in [2.24, 2.45) is 0 Å². The first-order valence-corrected chi connectivity index (χ1v) is 8.62. The second-order valence-corrected chi connectivity index (χ2v) is 6.02. The number of nitrogens with zero attached hydrogens (tertiary/aromatic N) is 1. The molecule has 0 saturated heterocycles. The first-order chi connectivity index (χ1) is 12.1. The van der Waals surface area contributed by atoms with Crippen LogP contribution < -0.4 is 15.8 Å². The number of nitrogens with two attached hydrogens (primary N) is 1. The lowest BCUT2D eigenvalue weighted by atomic mass is 10.2. The van der Waals surface area contributed by atoms with E-state index in [0.717, 1.165) is 19.5 Å². The number of carbonyl (C=O) groups is 1. The Morgan fingerprint density at radius 2 is 1.92 bits per heavy atom. The average molecular weight is 341 g/mol. The predicted molar refractivity (Wildman–Crippen MR) is 103 cm³/mol. The summed E-state index contributed by atoms with van der Waals surface area (Å²) >= 11 is 0. The number of methoxy groups -OCH3 is 1. The molecule has 0 bridgehead atoms. The molecule has 0 radical (unpaired) electrons. The highest BCUT2D eigenvalue weighted by atomic mass is 16.5. The molecular weight excluding hydrogens is 314 g/mol. The smallest absolute Gasteiger partial charge is 0.225 e. The molecule has 0 aliphatic rings. The van der Waals surface area contributed by atoms with E-state index in [0.29, 0.717) is 30.1 Å². The number of carbonyl (C=O) groups excluding carboxylic acids is 1. The Morgan fingerprint density at radius 3 is 2.60 bits per heavy atom. The summed E-state index contributed by atoms with van der Waals surface area (Å²) in [6.07, 6.45) is 1.47. The SMILES string of the molecule is CCCN(CCC(=O)Nc1cc(N)ccc1OC)Cc1ccccc1. The van der Waals surface area contributed by atoms with E-state index in [1.807, 2.05) is 18.2 Å². The summed E-state index contributed by atoms with van der Waals surface area (Å²) < 4.78 is 5.26. The Morgan fingerprint density at radius 1 is 1.16 bits per heavy atom. The molecule has 0 heterocycles. The topological polar surface area (TPSA) is 67.6 Å². The Balaban J connectivity index is 1.91. The maximum absolute atomic E-state index is 12.3. The second-order valence-electron chi connectivity index (χ2n) is 6.02. The van der Waals surface area contributed by atoms with Gasteiger partial charge in [0.2, 0.25) is 5.91 Å². The van der Waals surface area contributed by atoms with Gasteiger partial charge in [-0.25, -0.2) is 0 Å². The summed E-state index contributed by atoms with van der Waals surface area (Å²) in [5.41, 5.74) is 8.25. The lowest BCUT2D eigenvalue weighted by Gasteiger charge is -2.21. The van der Waals surface area contributed by atoms with Crippen LogP contribution in [0.1, 0.15) is 25.3 Å². The molecule has 0 fully saturated rings. The van der Waals surface area contributed by atoms with Gasteiger partial charge in [-0.1, -0.05) is 37.3 Å². The van der Waals surface area contributed by atoms with E-state index in [-0.39, 0.29) is 5.91 Å². The van der Waals surface area contributed by atoms with E-state index in [9.17, 15) is 4.79 Å². The van der Waals surface area contributed by atoms with Crippen LogP contribution in [-0.4, -0.2) is 31.0 Å². The van der Waals surface area contributed by atoms with E-state index >= 15 is 0 Å². The zero-order chi connectivity index (χ0) is 18.1. The van der Waals surface area contributed by atoms with Crippen molar-refractivity contribution >= 4 is 17.3 Å². The highest BCUT2D eigenvalue weighted by Crippen LogP contribution is 2.26. The zero-order valence-electron chi connectivity index (χ0n) is 15.0. The van der Waals surface area contributed by atoms with Crippen LogP contribution >= 0.6 is 0 Å². The van der Waals surface area contributed by atoms with Gasteiger partial charge in [-0.15, -0.1) is 0 Å². The van der Waals surface area contributed by atoms with Gasteiger partial charge in [-0.3, -0.25) is 9.69 Å². The fourth-order valence-corrected chi connectivity index (χ4v) is 2.72. The van der Waals surface area contributed by atoms with Gasteiger partial charge in [0.25, 0.3) is 0 Å². The van der Waals surface area contributed by atoms with Crippen LogP contribution in [0.25, 0.3) is 0 Å². The molecule has 0 aliphatic heterocycles. The second kappa shape index (κ2) is 9.69. The molecule has 134 valence electrons. The van der Waals surface area contributed by atoms with Crippen molar-refractivity contribution in [3.05, 3.63) is 54.1 Å². The third kappa shape index (κ3) is 6.12.